The quantitative estimate of drug-likeness (QED) is 0.423. The Hall–Kier alpha value is -2.64. The van der Waals surface area contributed by atoms with Crippen molar-refractivity contribution in [1.82, 2.24) is 4.31 Å². The molecule has 0 atom stereocenters. The van der Waals surface area contributed by atoms with Crippen molar-refractivity contribution in [2.75, 3.05) is 32.6 Å². The Morgan fingerprint density at radius 2 is 1.68 bits per heavy atom. The zero-order valence-electron chi connectivity index (χ0n) is 18.9. The normalized spacial score (nSPS) is 13.0. The maximum atomic E-state index is 12.7. The zero-order valence-corrected chi connectivity index (χ0v) is 19.8. The molecule has 31 heavy (non-hydrogen) atoms. The molecule has 0 spiro atoms. The highest BCUT2D eigenvalue weighted by molar-refractivity contribution is 7.89. The molecule has 168 valence electrons. The van der Waals surface area contributed by atoms with Crippen molar-refractivity contribution in [2.24, 2.45) is 0 Å². The molecule has 1 N–H and O–H groups in total. The van der Waals surface area contributed by atoms with Crippen LogP contribution in [-0.2, 0) is 19.6 Å². The van der Waals surface area contributed by atoms with Crippen LogP contribution in [0.1, 0.15) is 33.6 Å². The van der Waals surface area contributed by atoms with E-state index in [-0.39, 0.29) is 5.97 Å². The van der Waals surface area contributed by atoms with Gasteiger partial charge < -0.3 is 10.1 Å². The number of benzene rings is 2. The molecule has 0 bridgehead atoms. The fourth-order valence-electron chi connectivity index (χ4n) is 3.11. The number of esters is 1. The van der Waals surface area contributed by atoms with Gasteiger partial charge in [0.25, 0.3) is 0 Å². The highest BCUT2D eigenvalue weighted by Crippen LogP contribution is 2.30. The first-order valence-electron chi connectivity index (χ1n) is 10.3. The molecular weight excluding hydrogens is 412 g/mol. The molecule has 6 nitrogen and oxygen atoms in total. The minimum absolute atomic E-state index is 0.272. The Kier molecular flexibility index (Phi) is 8.83. The number of nitrogens with one attached hydrogen (secondary N) is 1. The van der Waals surface area contributed by atoms with Gasteiger partial charge in [-0.1, -0.05) is 41.5 Å². The van der Waals surface area contributed by atoms with Gasteiger partial charge in [0, 0.05) is 44.0 Å². The standard InChI is InChI=1S/C24H32N2O4S/c1-18(15-16-30-20(3)27)9-6-10-19(2)17-25-23-13-7-12-22-21(23)11-8-14-24(22)31(28,29)26(4)5/h7-8,10-15,25H,6,9,16-17H2,1-5H3/b18-15+,19-10+. The van der Waals surface area contributed by atoms with Crippen LogP contribution in [0.25, 0.3) is 10.8 Å². The number of allylic oxidation sites excluding steroid dienone is 2. The first-order chi connectivity index (χ1) is 14.6. The molecule has 0 aliphatic rings. The summed E-state index contributed by atoms with van der Waals surface area (Å²) in [7, 11) is -0.443. The highest BCUT2D eigenvalue weighted by atomic mass is 32.2. The molecule has 0 fully saturated rings. The van der Waals surface area contributed by atoms with E-state index in [1.807, 2.05) is 37.3 Å². The predicted octanol–water partition coefficient (Wildman–Crippen LogP) is 4.74. The van der Waals surface area contributed by atoms with Crippen molar-refractivity contribution in [3.8, 4) is 0 Å². The molecule has 2 aromatic rings. The molecule has 0 saturated heterocycles. The van der Waals surface area contributed by atoms with E-state index < -0.39 is 10.0 Å². The van der Waals surface area contributed by atoms with Crippen LogP contribution >= 0.6 is 0 Å². The van der Waals surface area contributed by atoms with E-state index in [1.165, 1.54) is 36.5 Å². The lowest BCUT2D eigenvalue weighted by molar-refractivity contribution is -0.139. The SMILES string of the molecule is CC(=O)OC/C=C(\C)CC/C=C(\C)CNc1cccc2c(S(=O)(=O)N(C)C)cccc12. The Balaban J connectivity index is 2.06. The topological polar surface area (TPSA) is 75.7 Å². The molecule has 0 radical (unpaired) electrons. The number of carbonyl (C=O) groups is 1. The van der Waals surface area contributed by atoms with Crippen LogP contribution in [0.3, 0.4) is 0 Å². The highest BCUT2D eigenvalue weighted by Gasteiger charge is 2.20. The third kappa shape index (κ3) is 6.94. The average Bonchev–Trinajstić information content (AvgIpc) is 2.71. The van der Waals surface area contributed by atoms with Crippen molar-refractivity contribution in [2.45, 2.75) is 38.5 Å². The van der Waals surface area contributed by atoms with Crippen LogP contribution in [0.4, 0.5) is 5.69 Å². The largest absolute Gasteiger partial charge is 0.462 e. The number of hydrogen-bond acceptors (Lipinski definition) is 5. The second-order valence-electron chi connectivity index (χ2n) is 7.74. The molecule has 0 aromatic heterocycles. The summed E-state index contributed by atoms with van der Waals surface area (Å²) >= 11 is 0. The van der Waals surface area contributed by atoms with Gasteiger partial charge in [-0.05, 0) is 44.9 Å². The van der Waals surface area contributed by atoms with Gasteiger partial charge in [-0.2, -0.15) is 0 Å². The van der Waals surface area contributed by atoms with Gasteiger partial charge in [0.15, 0.2) is 0 Å². The summed E-state index contributed by atoms with van der Waals surface area (Å²) in [5.41, 5.74) is 3.28. The summed E-state index contributed by atoms with van der Waals surface area (Å²) < 4.78 is 31.5. The van der Waals surface area contributed by atoms with Crippen LogP contribution < -0.4 is 5.32 Å². The summed E-state index contributed by atoms with van der Waals surface area (Å²) in [4.78, 5) is 11.1. The van der Waals surface area contributed by atoms with Crippen LogP contribution in [0.15, 0.2) is 64.6 Å². The van der Waals surface area contributed by atoms with Crippen LogP contribution in [0.2, 0.25) is 0 Å². The van der Waals surface area contributed by atoms with Crippen LogP contribution in [0, 0.1) is 0 Å². The molecule has 2 aromatic carbocycles. The fraction of sp³-hybridized carbons (Fsp3) is 0.375. The Bertz CT molecular complexity index is 1090. The monoisotopic (exact) mass is 444 g/mol. The lowest BCUT2D eigenvalue weighted by atomic mass is 10.1. The van der Waals surface area contributed by atoms with Gasteiger partial charge in [-0.15, -0.1) is 0 Å². The summed E-state index contributed by atoms with van der Waals surface area (Å²) in [5.74, 6) is -0.272. The maximum Gasteiger partial charge on any atom is 0.302 e. The Labute approximate surface area is 185 Å². The minimum Gasteiger partial charge on any atom is -0.462 e. The lowest BCUT2D eigenvalue weighted by Gasteiger charge is -2.16. The average molecular weight is 445 g/mol. The van der Waals surface area contributed by atoms with E-state index in [1.54, 1.807) is 12.1 Å². The summed E-state index contributed by atoms with van der Waals surface area (Å²) in [6, 6.07) is 11.0. The van der Waals surface area contributed by atoms with E-state index in [0.717, 1.165) is 23.9 Å². The fourth-order valence-corrected chi connectivity index (χ4v) is 4.21. The number of nitrogens with zero attached hydrogens (tertiary/aromatic N) is 1. The predicted molar refractivity (Wildman–Crippen MR) is 127 cm³/mol. The van der Waals surface area contributed by atoms with Crippen molar-refractivity contribution in [3.05, 3.63) is 59.7 Å². The number of rotatable bonds is 10. The van der Waals surface area contributed by atoms with Crippen molar-refractivity contribution in [1.29, 1.82) is 0 Å². The molecule has 0 saturated carbocycles. The van der Waals surface area contributed by atoms with Gasteiger partial charge >= 0.3 is 5.97 Å². The van der Waals surface area contributed by atoms with Crippen molar-refractivity contribution in [3.63, 3.8) is 0 Å². The minimum atomic E-state index is -3.52. The third-order valence-electron chi connectivity index (χ3n) is 4.95. The number of sulfonamides is 1. The number of anilines is 1. The van der Waals surface area contributed by atoms with Crippen molar-refractivity contribution >= 4 is 32.5 Å². The van der Waals surface area contributed by atoms with Crippen LogP contribution in [-0.4, -0.2) is 45.9 Å². The second-order valence-corrected chi connectivity index (χ2v) is 9.86. The van der Waals surface area contributed by atoms with E-state index in [0.29, 0.717) is 23.4 Å². The van der Waals surface area contributed by atoms with Gasteiger partial charge in [0.2, 0.25) is 10.0 Å². The molecule has 7 heteroatoms. The molecule has 0 aliphatic heterocycles. The molecule has 0 amide bonds. The van der Waals surface area contributed by atoms with E-state index in [2.05, 4.69) is 18.3 Å². The second kappa shape index (κ2) is 11.1. The van der Waals surface area contributed by atoms with E-state index in [4.69, 9.17) is 4.74 Å². The third-order valence-corrected chi connectivity index (χ3v) is 6.82. The summed E-state index contributed by atoms with van der Waals surface area (Å²) in [5, 5.41) is 5.01. The Morgan fingerprint density at radius 1 is 1.00 bits per heavy atom. The molecule has 0 heterocycles. The summed E-state index contributed by atoms with van der Waals surface area (Å²) in [6.45, 7) is 6.48. The first kappa shape index (κ1) is 24.6. The lowest BCUT2D eigenvalue weighted by Crippen LogP contribution is -2.22. The number of hydrogen-bond donors (Lipinski definition) is 1. The number of ether oxygens (including phenoxy) is 1. The molecule has 2 rings (SSSR count). The molecular formula is C24H32N2O4S. The smallest absolute Gasteiger partial charge is 0.302 e. The molecule has 0 aliphatic carbocycles. The number of carbonyl (C=O) groups excluding carboxylic acids is 1. The molecule has 0 unspecified atom stereocenters. The van der Waals surface area contributed by atoms with Gasteiger partial charge in [0.1, 0.15) is 6.61 Å². The van der Waals surface area contributed by atoms with E-state index in [9.17, 15) is 13.2 Å². The van der Waals surface area contributed by atoms with Crippen LogP contribution in [0.5, 0.6) is 0 Å². The first-order valence-corrected chi connectivity index (χ1v) is 11.7. The van der Waals surface area contributed by atoms with Gasteiger partial charge in [0.05, 0.1) is 4.90 Å². The van der Waals surface area contributed by atoms with Gasteiger partial charge in [-0.3, -0.25) is 4.79 Å². The summed E-state index contributed by atoms with van der Waals surface area (Å²) in [6.07, 6.45) is 5.91. The zero-order chi connectivity index (χ0) is 23.0. The van der Waals surface area contributed by atoms with E-state index >= 15 is 0 Å². The van der Waals surface area contributed by atoms with Crippen molar-refractivity contribution < 1.29 is 17.9 Å². The number of fused-ring (bicyclic) bond motifs is 1. The van der Waals surface area contributed by atoms with Gasteiger partial charge in [-0.25, -0.2) is 12.7 Å². The maximum absolute atomic E-state index is 12.7. The Morgan fingerprint density at radius 3 is 2.35 bits per heavy atom.